The van der Waals surface area contributed by atoms with E-state index >= 15 is 0 Å². The molecule has 2 aromatic carbocycles. The highest BCUT2D eigenvalue weighted by Crippen LogP contribution is 2.50. The Morgan fingerprint density at radius 3 is 2.58 bits per heavy atom. The maximum Gasteiger partial charge on any atom is 0.279 e. The minimum Gasteiger partial charge on any atom is -0.396 e. The average Bonchev–Trinajstić information content (AvgIpc) is 3.74. The lowest BCUT2D eigenvalue weighted by Gasteiger charge is -2.38. The highest BCUT2D eigenvalue weighted by molar-refractivity contribution is 6.30. The van der Waals surface area contributed by atoms with Crippen LogP contribution in [0.3, 0.4) is 0 Å². The minimum absolute atomic E-state index is 0.0141. The maximum atomic E-state index is 14.3. The van der Waals surface area contributed by atoms with Crippen LogP contribution in [-0.2, 0) is 21.6 Å². The van der Waals surface area contributed by atoms with Crippen molar-refractivity contribution in [3.05, 3.63) is 99.3 Å². The van der Waals surface area contributed by atoms with Crippen molar-refractivity contribution in [1.82, 2.24) is 10.0 Å². The second kappa shape index (κ2) is 9.93. The quantitative estimate of drug-likeness (QED) is 0.429. The van der Waals surface area contributed by atoms with Gasteiger partial charge in [0.25, 0.3) is 5.91 Å². The first-order valence-electron chi connectivity index (χ1n) is 13.9. The van der Waals surface area contributed by atoms with Gasteiger partial charge in [0.2, 0.25) is 0 Å². The third-order valence-electron chi connectivity index (χ3n) is 6.87. The minimum atomic E-state index is -3.01. The first kappa shape index (κ1) is 21.3. The number of carbonyl (C=O) groups is 2. The summed E-state index contributed by atoms with van der Waals surface area (Å²) in [4.78, 5) is 38.5. The van der Waals surface area contributed by atoms with Gasteiger partial charge in [-0.25, -0.2) is 0 Å². The summed E-state index contributed by atoms with van der Waals surface area (Å²) in [6, 6.07) is 15.7. The molecule has 9 heteroatoms. The van der Waals surface area contributed by atoms with Crippen LogP contribution in [0.5, 0.6) is 0 Å². The van der Waals surface area contributed by atoms with Crippen LogP contribution in [0.25, 0.3) is 0 Å². The molecule has 1 aliphatic heterocycles. The van der Waals surface area contributed by atoms with E-state index in [4.69, 9.17) is 21.9 Å². The number of hydrogen-bond donors (Lipinski definition) is 2. The van der Waals surface area contributed by atoms with Crippen LogP contribution in [0.4, 0.5) is 0 Å². The van der Waals surface area contributed by atoms with Gasteiger partial charge >= 0.3 is 0 Å². The van der Waals surface area contributed by atoms with Gasteiger partial charge in [0.15, 0.2) is 11.3 Å². The van der Waals surface area contributed by atoms with Gasteiger partial charge in [-0.1, -0.05) is 41.9 Å². The molecule has 1 aliphatic carbocycles. The van der Waals surface area contributed by atoms with Crippen molar-refractivity contribution in [3.63, 3.8) is 0 Å². The zero-order chi connectivity index (χ0) is 30.7. The number of aromatic nitrogens is 1. The number of pyridine rings is 1. The van der Waals surface area contributed by atoms with Crippen molar-refractivity contribution < 1.29 is 30.1 Å². The van der Waals surface area contributed by atoms with E-state index in [-0.39, 0.29) is 41.5 Å². The van der Waals surface area contributed by atoms with E-state index in [1.807, 2.05) is 6.07 Å². The molecule has 0 bridgehead atoms. The van der Waals surface area contributed by atoms with Gasteiger partial charge in [-0.3, -0.25) is 19.4 Å². The lowest BCUT2D eigenvalue weighted by molar-refractivity contribution is -0.193. The summed E-state index contributed by atoms with van der Waals surface area (Å²) >= 11 is 5.98. The molecule has 5 rings (SSSR count). The molecule has 38 heavy (non-hydrogen) atoms. The molecule has 194 valence electrons. The Hall–Kier alpha value is -3.61. The fourth-order valence-corrected chi connectivity index (χ4v) is 4.82. The van der Waals surface area contributed by atoms with Gasteiger partial charge in [0.05, 0.1) is 40.8 Å². The molecule has 2 N–H and O–H groups in total. The molecule has 2 atom stereocenters. The van der Waals surface area contributed by atoms with Gasteiger partial charge in [-0.2, -0.15) is 10.3 Å². The number of fused-ring (bicyclic) bond motifs is 1. The lowest BCUT2D eigenvalue weighted by atomic mass is 9.77. The summed E-state index contributed by atoms with van der Waals surface area (Å²) in [5.74, 6) is -1.83. The van der Waals surface area contributed by atoms with E-state index in [0.717, 1.165) is 0 Å². The SMILES string of the molecule is [2H]C([2H])(O)C1(C([2H])([2H])ON2C(=O)c3c(Cc4ccc(Cl)cn4)cccc3[C@@]2(C(=O)C(C)O)c2ccc(C#N)cc2)CC1. The topological polar surface area (TPSA) is 124 Å². The highest BCUT2D eigenvalue weighted by Gasteiger charge is 2.59. The van der Waals surface area contributed by atoms with Crippen LogP contribution >= 0.6 is 11.6 Å². The number of aliphatic hydroxyl groups is 2. The summed E-state index contributed by atoms with van der Waals surface area (Å²) in [6.45, 7) is -4.78. The first-order chi connectivity index (χ1) is 19.7. The molecule has 1 fully saturated rings. The average molecular weight is 536 g/mol. The van der Waals surface area contributed by atoms with Crippen molar-refractivity contribution in [1.29, 1.82) is 5.26 Å². The summed E-state index contributed by atoms with van der Waals surface area (Å²) in [6.07, 6.45) is -0.262. The molecular formula is C29H26ClN3O5. The number of Topliss-reactive ketones (excluding diaryl/α,β-unsaturated/α-hetero) is 1. The van der Waals surface area contributed by atoms with Gasteiger partial charge in [-0.15, -0.1) is 0 Å². The van der Waals surface area contributed by atoms with Crippen molar-refractivity contribution in [2.45, 2.75) is 37.8 Å². The lowest BCUT2D eigenvalue weighted by Crippen LogP contribution is -2.54. The number of ketones is 1. The van der Waals surface area contributed by atoms with E-state index in [1.165, 1.54) is 43.5 Å². The van der Waals surface area contributed by atoms with E-state index in [1.54, 1.807) is 24.3 Å². The number of amides is 1. The monoisotopic (exact) mass is 535 g/mol. The van der Waals surface area contributed by atoms with Gasteiger partial charge in [0.1, 0.15) is 6.10 Å². The van der Waals surface area contributed by atoms with Crippen molar-refractivity contribution in [2.75, 3.05) is 13.1 Å². The standard InChI is InChI=1S/C29H26ClN3O5/c1-18(35)26(36)29(21-7-5-19(14-31)6-8-21)24-4-2-3-20(13-23-10-9-22(30)15-32-23)25(24)27(37)33(29)38-17-28(16-34)11-12-28/h2-10,15,18,34-35H,11-13,16-17H2,1H3/t18?,29-/m1/s1/i16D2,17D2. The number of hydroxylamine groups is 2. The zero-order valence-electron chi connectivity index (χ0n) is 24.3. The number of aliphatic hydroxyl groups excluding tert-OH is 1. The highest BCUT2D eigenvalue weighted by atomic mass is 35.5. The largest absolute Gasteiger partial charge is 0.396 e. The third kappa shape index (κ3) is 4.28. The Labute approximate surface area is 230 Å². The van der Waals surface area contributed by atoms with E-state index in [9.17, 15) is 25.1 Å². The molecule has 3 aromatic rings. The second-order valence-electron chi connectivity index (χ2n) is 9.41. The summed E-state index contributed by atoms with van der Waals surface area (Å²) in [5, 5.41) is 31.2. The third-order valence-corrected chi connectivity index (χ3v) is 7.09. The number of nitrogens with zero attached hydrogens (tertiary/aromatic N) is 3. The van der Waals surface area contributed by atoms with Gasteiger partial charge < -0.3 is 10.2 Å². The summed E-state index contributed by atoms with van der Waals surface area (Å²) in [7, 11) is 0. The smallest absolute Gasteiger partial charge is 0.279 e. The van der Waals surface area contributed by atoms with Gasteiger partial charge in [-0.05, 0) is 55.2 Å². The van der Waals surface area contributed by atoms with Crippen LogP contribution in [0.15, 0.2) is 60.8 Å². The molecule has 0 radical (unpaired) electrons. The molecule has 2 aliphatic rings. The molecular weight excluding hydrogens is 506 g/mol. The van der Waals surface area contributed by atoms with Gasteiger partial charge in [0, 0.05) is 29.3 Å². The van der Waals surface area contributed by atoms with Crippen molar-refractivity contribution in [3.8, 4) is 6.07 Å². The van der Waals surface area contributed by atoms with E-state index < -0.39 is 41.9 Å². The Balaban J connectivity index is 1.76. The number of hydrogen-bond acceptors (Lipinski definition) is 7. The maximum absolute atomic E-state index is 14.3. The molecule has 1 unspecified atom stereocenters. The molecule has 8 nitrogen and oxygen atoms in total. The molecule has 2 heterocycles. The molecule has 1 aromatic heterocycles. The van der Waals surface area contributed by atoms with Crippen LogP contribution in [0.2, 0.25) is 5.02 Å². The normalized spacial score (nSPS) is 22.4. The Morgan fingerprint density at radius 2 is 2.00 bits per heavy atom. The van der Waals surface area contributed by atoms with Crippen LogP contribution in [0.1, 0.15) is 63.6 Å². The van der Waals surface area contributed by atoms with Crippen LogP contribution < -0.4 is 0 Å². The molecule has 1 saturated carbocycles. The number of nitriles is 1. The first-order valence-corrected chi connectivity index (χ1v) is 12.3. The summed E-state index contributed by atoms with van der Waals surface area (Å²) < 4.78 is 33.2. The second-order valence-corrected chi connectivity index (χ2v) is 9.85. The predicted octanol–water partition coefficient (Wildman–Crippen LogP) is 3.55. The van der Waals surface area contributed by atoms with Crippen molar-refractivity contribution in [2.24, 2.45) is 5.41 Å². The van der Waals surface area contributed by atoms with E-state index in [2.05, 4.69) is 4.98 Å². The molecule has 0 spiro atoms. The number of carbonyl (C=O) groups excluding carboxylic acids is 2. The molecule has 1 amide bonds. The molecule has 0 saturated heterocycles. The predicted molar refractivity (Wildman–Crippen MR) is 138 cm³/mol. The number of benzene rings is 2. The Morgan fingerprint density at radius 1 is 1.26 bits per heavy atom. The Kier molecular flexibility index (Phi) is 5.58. The van der Waals surface area contributed by atoms with Crippen LogP contribution in [-0.4, -0.2) is 51.2 Å². The Bertz CT molecular complexity index is 1600. The number of halogens is 1. The van der Waals surface area contributed by atoms with E-state index in [0.29, 0.717) is 21.3 Å². The number of rotatable bonds is 9. The fraction of sp³-hybridized carbons (Fsp3) is 0.310. The fourth-order valence-electron chi connectivity index (χ4n) is 4.71. The van der Waals surface area contributed by atoms with Crippen molar-refractivity contribution >= 4 is 23.3 Å². The summed E-state index contributed by atoms with van der Waals surface area (Å²) in [5.41, 5.74) is -2.81. The van der Waals surface area contributed by atoms with Crippen LogP contribution in [0, 0.1) is 16.7 Å². The zero-order valence-corrected chi connectivity index (χ0v) is 21.1.